The standard InChI is InChI=1S/C23H22N2O5/c1-2-23-17(27)11-22(30-23,9-10-26)18-19(23)21(29)25(20(18)28)16-8-7-13(12-24)14-5-3-4-6-15(14)16/h3-8,17-19,26-27H,2,9-11H2,1H3/t17-,18+,19-,22+,23-/m0/s1. The van der Waals surface area contributed by atoms with Crippen molar-refractivity contribution < 1.29 is 24.5 Å². The van der Waals surface area contributed by atoms with Gasteiger partial charge in [-0.3, -0.25) is 9.59 Å². The van der Waals surface area contributed by atoms with Gasteiger partial charge in [-0.1, -0.05) is 31.2 Å². The molecule has 3 saturated heterocycles. The number of ether oxygens (including phenoxy) is 1. The zero-order chi connectivity index (χ0) is 21.3. The van der Waals surface area contributed by atoms with Gasteiger partial charge < -0.3 is 14.9 Å². The highest BCUT2D eigenvalue weighted by atomic mass is 16.6. The van der Waals surface area contributed by atoms with Crippen LogP contribution in [0, 0.1) is 23.2 Å². The third-order valence-electron chi connectivity index (χ3n) is 7.25. The van der Waals surface area contributed by atoms with Crippen LogP contribution in [0.3, 0.4) is 0 Å². The van der Waals surface area contributed by atoms with Crippen LogP contribution >= 0.6 is 0 Å². The van der Waals surface area contributed by atoms with Gasteiger partial charge in [0.1, 0.15) is 5.60 Å². The van der Waals surface area contributed by atoms with E-state index >= 15 is 0 Å². The summed E-state index contributed by atoms with van der Waals surface area (Å²) >= 11 is 0. The summed E-state index contributed by atoms with van der Waals surface area (Å²) in [7, 11) is 0. The van der Waals surface area contributed by atoms with Crippen LogP contribution in [0.2, 0.25) is 0 Å². The van der Waals surface area contributed by atoms with Crippen molar-refractivity contribution in [3.8, 4) is 6.07 Å². The molecule has 0 saturated carbocycles. The Morgan fingerprint density at radius 3 is 2.53 bits per heavy atom. The maximum Gasteiger partial charge on any atom is 0.240 e. The van der Waals surface area contributed by atoms with E-state index in [1.807, 2.05) is 13.0 Å². The van der Waals surface area contributed by atoms with Crippen molar-refractivity contribution in [2.45, 2.75) is 43.5 Å². The molecule has 0 unspecified atom stereocenters. The zero-order valence-corrected chi connectivity index (χ0v) is 16.5. The number of hydrogen-bond donors (Lipinski definition) is 2. The molecule has 0 spiro atoms. The average molecular weight is 406 g/mol. The number of rotatable bonds is 4. The second kappa shape index (κ2) is 6.35. The fourth-order valence-electron chi connectivity index (χ4n) is 5.98. The smallest absolute Gasteiger partial charge is 0.240 e. The number of aliphatic hydroxyl groups excluding tert-OH is 2. The summed E-state index contributed by atoms with van der Waals surface area (Å²) in [6, 6.07) is 12.6. The average Bonchev–Trinajstić information content (AvgIpc) is 3.31. The van der Waals surface area contributed by atoms with Crippen LogP contribution in [-0.2, 0) is 14.3 Å². The summed E-state index contributed by atoms with van der Waals surface area (Å²) < 4.78 is 6.24. The van der Waals surface area contributed by atoms with E-state index in [0.717, 1.165) is 0 Å². The van der Waals surface area contributed by atoms with Crippen molar-refractivity contribution >= 4 is 28.3 Å². The Kier molecular flexibility index (Phi) is 4.06. The molecule has 30 heavy (non-hydrogen) atoms. The molecular formula is C23H22N2O5. The van der Waals surface area contributed by atoms with Crippen molar-refractivity contribution in [3.63, 3.8) is 0 Å². The number of nitrogens with zero attached hydrogens (tertiary/aromatic N) is 2. The summed E-state index contributed by atoms with van der Waals surface area (Å²) in [6.45, 7) is 1.65. The van der Waals surface area contributed by atoms with E-state index in [1.54, 1.807) is 30.3 Å². The lowest BCUT2D eigenvalue weighted by Gasteiger charge is -2.34. The molecule has 0 aliphatic carbocycles. The Morgan fingerprint density at radius 1 is 1.17 bits per heavy atom. The van der Waals surface area contributed by atoms with Gasteiger partial charge in [0, 0.05) is 30.2 Å². The molecule has 2 amide bonds. The first-order valence-electron chi connectivity index (χ1n) is 10.2. The first-order valence-corrected chi connectivity index (χ1v) is 10.2. The molecule has 154 valence electrons. The topological polar surface area (TPSA) is 111 Å². The maximum absolute atomic E-state index is 13.6. The van der Waals surface area contributed by atoms with Crippen molar-refractivity contribution in [3.05, 3.63) is 42.0 Å². The largest absolute Gasteiger partial charge is 0.396 e. The van der Waals surface area contributed by atoms with Gasteiger partial charge in [-0.05, 0) is 18.6 Å². The van der Waals surface area contributed by atoms with E-state index in [2.05, 4.69) is 6.07 Å². The quantitative estimate of drug-likeness (QED) is 0.750. The highest BCUT2D eigenvalue weighted by molar-refractivity contribution is 6.26. The minimum atomic E-state index is -1.12. The van der Waals surface area contributed by atoms with E-state index < -0.39 is 29.1 Å². The molecule has 2 aromatic rings. The van der Waals surface area contributed by atoms with Crippen LogP contribution in [0.5, 0.6) is 0 Å². The van der Waals surface area contributed by atoms with Crippen molar-refractivity contribution in [1.82, 2.24) is 0 Å². The Hall–Kier alpha value is -2.79. The van der Waals surface area contributed by atoms with E-state index in [-0.39, 0.29) is 31.3 Å². The molecule has 2 bridgehead atoms. The Balaban J connectivity index is 1.68. The number of aliphatic hydroxyl groups is 2. The Morgan fingerprint density at radius 2 is 1.87 bits per heavy atom. The lowest BCUT2D eigenvalue weighted by molar-refractivity contribution is -0.137. The number of imide groups is 1. The molecule has 3 aliphatic heterocycles. The third kappa shape index (κ3) is 2.13. The Bertz CT molecular complexity index is 1120. The molecule has 7 nitrogen and oxygen atoms in total. The van der Waals surface area contributed by atoms with E-state index in [1.165, 1.54) is 4.90 Å². The van der Waals surface area contributed by atoms with E-state index in [4.69, 9.17) is 4.74 Å². The van der Waals surface area contributed by atoms with Crippen molar-refractivity contribution in [1.29, 1.82) is 5.26 Å². The number of carbonyl (C=O) groups is 2. The highest BCUT2D eigenvalue weighted by Gasteiger charge is 2.77. The van der Waals surface area contributed by atoms with Crippen molar-refractivity contribution in [2.75, 3.05) is 11.5 Å². The SMILES string of the molecule is CC[C@]12O[C@](CCO)(C[C@@H]1O)[C@H]1C(=O)N(c3ccc(C#N)c4ccccc34)C(=O)[C@H]12. The van der Waals surface area contributed by atoms with Crippen LogP contribution in [0.15, 0.2) is 36.4 Å². The summed E-state index contributed by atoms with van der Waals surface area (Å²) in [5.74, 6) is -2.29. The number of benzene rings is 2. The predicted molar refractivity (Wildman–Crippen MR) is 107 cm³/mol. The van der Waals surface area contributed by atoms with Crippen LogP contribution < -0.4 is 4.90 Å². The van der Waals surface area contributed by atoms with Gasteiger partial charge in [0.05, 0.1) is 40.9 Å². The van der Waals surface area contributed by atoms with Crippen LogP contribution in [0.25, 0.3) is 10.8 Å². The number of hydrogen-bond acceptors (Lipinski definition) is 6. The van der Waals surface area contributed by atoms with E-state index in [9.17, 15) is 25.1 Å². The summed E-state index contributed by atoms with van der Waals surface area (Å²) in [5, 5.41) is 31.2. The second-order valence-electron chi connectivity index (χ2n) is 8.43. The molecule has 0 aromatic heterocycles. The monoisotopic (exact) mass is 406 g/mol. The molecule has 3 aliphatic rings. The van der Waals surface area contributed by atoms with Gasteiger partial charge in [-0.25, -0.2) is 4.90 Å². The predicted octanol–water partition coefficient (Wildman–Crippen LogP) is 1.88. The minimum absolute atomic E-state index is 0.188. The number of carbonyl (C=O) groups excluding carboxylic acids is 2. The minimum Gasteiger partial charge on any atom is -0.396 e. The fraction of sp³-hybridized carbons (Fsp3) is 0.435. The van der Waals surface area contributed by atoms with Gasteiger partial charge in [-0.2, -0.15) is 5.26 Å². The molecule has 7 heteroatoms. The normalized spacial score (nSPS) is 34.6. The highest BCUT2D eigenvalue weighted by Crippen LogP contribution is 2.63. The Labute approximate surface area is 173 Å². The second-order valence-corrected chi connectivity index (χ2v) is 8.43. The van der Waals surface area contributed by atoms with Gasteiger partial charge in [-0.15, -0.1) is 0 Å². The number of nitriles is 1. The molecule has 3 fully saturated rings. The molecular weight excluding hydrogens is 384 g/mol. The summed E-state index contributed by atoms with van der Waals surface area (Å²) in [6.07, 6.45) is -0.0641. The molecule has 5 atom stereocenters. The molecule has 3 heterocycles. The lowest BCUT2D eigenvalue weighted by atomic mass is 9.64. The third-order valence-corrected chi connectivity index (χ3v) is 7.25. The van der Waals surface area contributed by atoms with E-state index in [0.29, 0.717) is 28.4 Å². The fourth-order valence-corrected chi connectivity index (χ4v) is 5.98. The first-order chi connectivity index (χ1) is 14.4. The van der Waals surface area contributed by atoms with Gasteiger partial charge in [0.25, 0.3) is 0 Å². The maximum atomic E-state index is 13.6. The first kappa shape index (κ1) is 19.2. The van der Waals surface area contributed by atoms with Gasteiger partial charge >= 0.3 is 0 Å². The van der Waals surface area contributed by atoms with Crippen LogP contribution in [0.1, 0.15) is 31.7 Å². The molecule has 0 radical (unpaired) electrons. The van der Waals surface area contributed by atoms with Crippen LogP contribution in [-0.4, -0.2) is 45.9 Å². The van der Waals surface area contributed by atoms with Gasteiger partial charge in [0.15, 0.2) is 0 Å². The summed E-state index contributed by atoms with van der Waals surface area (Å²) in [5.41, 5.74) is -1.26. The zero-order valence-electron chi connectivity index (χ0n) is 16.5. The summed E-state index contributed by atoms with van der Waals surface area (Å²) in [4.78, 5) is 28.5. The lowest BCUT2D eigenvalue weighted by Crippen LogP contribution is -2.51. The number of amides is 2. The molecule has 2 N–H and O–H groups in total. The molecule has 2 aromatic carbocycles. The number of fused-ring (bicyclic) bond motifs is 6. The van der Waals surface area contributed by atoms with Crippen LogP contribution in [0.4, 0.5) is 5.69 Å². The van der Waals surface area contributed by atoms with Crippen molar-refractivity contribution in [2.24, 2.45) is 11.8 Å². The number of anilines is 1. The van der Waals surface area contributed by atoms with Gasteiger partial charge in [0.2, 0.25) is 11.8 Å². The molecule has 5 rings (SSSR count).